The quantitative estimate of drug-likeness (QED) is 0.507. The first-order valence-electron chi connectivity index (χ1n) is 8.93. The molecule has 0 aromatic heterocycles. The SMILES string of the molecule is CCCC/C(=C\c1ccc(Cl)cc1)C(NS(=O)(=O)c1ccc(C)cc1)[Se]C. The summed E-state index contributed by atoms with van der Waals surface area (Å²) in [6, 6.07) is 14.6. The number of hydrogen-bond acceptors (Lipinski definition) is 2. The average Bonchev–Trinajstić information content (AvgIpc) is 2.65. The summed E-state index contributed by atoms with van der Waals surface area (Å²) in [7, 11) is -3.55. The van der Waals surface area contributed by atoms with Gasteiger partial charge in [0, 0.05) is 0 Å². The van der Waals surface area contributed by atoms with Crippen molar-refractivity contribution in [3.8, 4) is 0 Å². The number of halogens is 1. The Morgan fingerprint density at radius 2 is 1.78 bits per heavy atom. The van der Waals surface area contributed by atoms with E-state index in [4.69, 9.17) is 11.6 Å². The Bertz CT molecular complexity index is 862. The van der Waals surface area contributed by atoms with E-state index in [1.165, 1.54) is 0 Å². The molecule has 6 heteroatoms. The number of hydrogen-bond donors (Lipinski definition) is 1. The van der Waals surface area contributed by atoms with Crippen LogP contribution in [0.4, 0.5) is 0 Å². The average molecular weight is 471 g/mol. The molecule has 3 nitrogen and oxygen atoms in total. The predicted octanol–water partition coefficient (Wildman–Crippen LogP) is 5.28. The third kappa shape index (κ3) is 6.78. The Morgan fingerprint density at radius 3 is 2.33 bits per heavy atom. The zero-order valence-corrected chi connectivity index (χ0v) is 19.2. The molecule has 2 rings (SSSR count). The van der Waals surface area contributed by atoms with Gasteiger partial charge in [-0.15, -0.1) is 0 Å². The second-order valence-corrected chi connectivity index (χ2v) is 10.6. The van der Waals surface area contributed by atoms with Crippen molar-refractivity contribution in [3.63, 3.8) is 0 Å². The third-order valence-electron chi connectivity index (χ3n) is 4.21. The van der Waals surface area contributed by atoms with Crippen molar-refractivity contribution in [2.24, 2.45) is 0 Å². The summed E-state index contributed by atoms with van der Waals surface area (Å²) in [5.74, 6) is 2.07. The van der Waals surface area contributed by atoms with E-state index in [9.17, 15) is 8.42 Å². The molecule has 0 bridgehead atoms. The summed E-state index contributed by atoms with van der Waals surface area (Å²) >= 11 is 6.07. The van der Waals surface area contributed by atoms with Gasteiger partial charge in [0.25, 0.3) is 0 Å². The van der Waals surface area contributed by atoms with E-state index in [1.54, 1.807) is 12.1 Å². The van der Waals surface area contributed by atoms with Crippen molar-refractivity contribution >= 4 is 42.7 Å². The molecular formula is C21H26ClNO2SSe. The summed E-state index contributed by atoms with van der Waals surface area (Å²) in [5.41, 5.74) is 3.20. The Labute approximate surface area is 174 Å². The van der Waals surface area contributed by atoms with Crippen LogP contribution in [0.25, 0.3) is 6.08 Å². The Morgan fingerprint density at radius 1 is 1.15 bits per heavy atom. The van der Waals surface area contributed by atoms with Crippen molar-refractivity contribution < 1.29 is 8.42 Å². The molecular weight excluding hydrogens is 445 g/mol. The standard InChI is InChI=1S/C21H26ClNO2SSe/c1-4-5-6-18(15-17-9-11-19(22)12-10-17)21(27-3)23-26(24,25)20-13-7-16(2)8-14-20/h7-15,21,23H,4-6H2,1-3H3/b18-15+. The molecule has 0 fully saturated rings. The van der Waals surface area contributed by atoms with Crippen LogP contribution in [0.15, 0.2) is 59.0 Å². The molecule has 1 unspecified atom stereocenters. The number of benzene rings is 2. The fourth-order valence-corrected chi connectivity index (χ4v) is 6.35. The molecule has 1 N–H and O–H groups in total. The van der Waals surface area contributed by atoms with Gasteiger partial charge in [-0.2, -0.15) is 0 Å². The molecule has 0 aliphatic rings. The molecule has 146 valence electrons. The first kappa shape index (κ1) is 22.2. The summed E-state index contributed by atoms with van der Waals surface area (Å²) in [6.45, 7) is 4.09. The zero-order chi connectivity index (χ0) is 19.9. The first-order valence-corrected chi connectivity index (χ1v) is 13.5. The summed E-state index contributed by atoms with van der Waals surface area (Å²) < 4.78 is 28.6. The summed E-state index contributed by atoms with van der Waals surface area (Å²) in [6.07, 6.45) is 5.06. The zero-order valence-electron chi connectivity index (χ0n) is 15.9. The number of rotatable bonds is 9. The van der Waals surface area contributed by atoms with Gasteiger partial charge in [-0.1, -0.05) is 0 Å². The van der Waals surface area contributed by atoms with Crippen molar-refractivity contribution in [1.29, 1.82) is 0 Å². The number of sulfonamides is 1. The van der Waals surface area contributed by atoms with Crippen LogP contribution in [-0.2, 0) is 10.0 Å². The van der Waals surface area contributed by atoms with Gasteiger partial charge in [-0.3, -0.25) is 0 Å². The fourth-order valence-electron chi connectivity index (χ4n) is 2.63. The predicted molar refractivity (Wildman–Crippen MR) is 116 cm³/mol. The Kier molecular flexibility index (Phi) is 8.59. The molecule has 0 saturated heterocycles. The van der Waals surface area contributed by atoms with E-state index >= 15 is 0 Å². The van der Waals surface area contributed by atoms with Crippen molar-refractivity contribution in [2.45, 2.75) is 48.8 Å². The maximum atomic E-state index is 12.8. The van der Waals surface area contributed by atoms with Gasteiger partial charge >= 0.3 is 175 Å². The van der Waals surface area contributed by atoms with Gasteiger partial charge in [-0.25, -0.2) is 0 Å². The van der Waals surface area contributed by atoms with E-state index in [2.05, 4.69) is 23.5 Å². The van der Waals surface area contributed by atoms with Crippen LogP contribution in [0.2, 0.25) is 10.8 Å². The van der Waals surface area contributed by atoms with E-state index in [0.29, 0.717) is 9.92 Å². The second-order valence-electron chi connectivity index (χ2n) is 6.42. The molecule has 0 amide bonds. The van der Waals surface area contributed by atoms with Gasteiger partial charge in [0.2, 0.25) is 0 Å². The minimum atomic E-state index is -3.55. The van der Waals surface area contributed by atoms with E-state index in [-0.39, 0.29) is 19.9 Å². The van der Waals surface area contributed by atoms with Crippen molar-refractivity contribution in [1.82, 2.24) is 4.72 Å². The van der Waals surface area contributed by atoms with E-state index in [1.807, 2.05) is 43.3 Å². The van der Waals surface area contributed by atoms with Crippen molar-refractivity contribution in [2.75, 3.05) is 0 Å². The maximum absolute atomic E-state index is 12.8. The first-order chi connectivity index (χ1) is 12.9. The second kappa shape index (κ2) is 10.4. The van der Waals surface area contributed by atoms with Gasteiger partial charge in [0.05, 0.1) is 0 Å². The van der Waals surface area contributed by atoms with Crippen LogP contribution in [0.1, 0.15) is 37.3 Å². The van der Waals surface area contributed by atoms with Crippen LogP contribution in [0, 0.1) is 6.92 Å². The molecule has 0 spiro atoms. The monoisotopic (exact) mass is 471 g/mol. The number of aryl methyl sites for hydroxylation is 1. The van der Waals surface area contributed by atoms with E-state index < -0.39 is 10.0 Å². The minimum absolute atomic E-state index is 0.0871. The van der Waals surface area contributed by atoms with Crippen LogP contribution >= 0.6 is 11.6 Å². The van der Waals surface area contributed by atoms with Crippen LogP contribution in [0.5, 0.6) is 0 Å². The van der Waals surface area contributed by atoms with Gasteiger partial charge in [-0.05, 0) is 0 Å². The van der Waals surface area contributed by atoms with Gasteiger partial charge < -0.3 is 0 Å². The number of unbranched alkanes of at least 4 members (excludes halogenated alkanes) is 1. The molecule has 2 aromatic rings. The summed E-state index contributed by atoms with van der Waals surface area (Å²) in [5, 5.41) is 0.693. The molecule has 0 aliphatic carbocycles. The molecule has 1 atom stereocenters. The summed E-state index contributed by atoms with van der Waals surface area (Å²) in [4.78, 5) is 0.134. The fraction of sp³-hybridized carbons (Fsp3) is 0.333. The molecule has 0 aliphatic heterocycles. The normalized spacial score (nSPS) is 13.6. The molecule has 0 saturated carbocycles. The topological polar surface area (TPSA) is 46.2 Å². The Hall–Kier alpha value is -1.10. The molecule has 0 radical (unpaired) electrons. The van der Waals surface area contributed by atoms with Gasteiger partial charge in [0.15, 0.2) is 0 Å². The molecule has 27 heavy (non-hydrogen) atoms. The van der Waals surface area contributed by atoms with E-state index in [0.717, 1.165) is 36.0 Å². The van der Waals surface area contributed by atoms with Crippen molar-refractivity contribution in [3.05, 3.63) is 70.3 Å². The molecule has 2 aromatic carbocycles. The van der Waals surface area contributed by atoms with Crippen LogP contribution in [0.3, 0.4) is 0 Å². The third-order valence-corrected chi connectivity index (χ3v) is 8.11. The van der Waals surface area contributed by atoms with Gasteiger partial charge in [0.1, 0.15) is 0 Å². The Balaban J connectivity index is 2.30. The van der Waals surface area contributed by atoms with Crippen LogP contribution in [-0.4, -0.2) is 28.3 Å². The number of nitrogens with one attached hydrogen (secondary N) is 1. The van der Waals surface area contributed by atoms with Crippen LogP contribution < -0.4 is 4.72 Å². The molecule has 0 heterocycles.